The van der Waals surface area contributed by atoms with Gasteiger partial charge in [0.2, 0.25) is 0 Å². The summed E-state index contributed by atoms with van der Waals surface area (Å²) in [7, 11) is 0. The van der Waals surface area contributed by atoms with Crippen LogP contribution in [-0.4, -0.2) is 29.8 Å². The molecule has 4 heteroatoms. The first-order chi connectivity index (χ1) is 8.79. The standard InChI is InChI=1S/C14H23NO2S/c1-3-17-13-8-5-7-12(14(13)16)11-15-9-6-10-18-4-2/h5,7-8,15-16H,3-4,6,9-11H2,1-2H3. The molecule has 0 aliphatic heterocycles. The number of ether oxygens (including phenoxy) is 1. The van der Waals surface area contributed by atoms with Crippen molar-refractivity contribution in [2.45, 2.75) is 26.8 Å². The van der Waals surface area contributed by atoms with Gasteiger partial charge in [0.15, 0.2) is 11.5 Å². The summed E-state index contributed by atoms with van der Waals surface area (Å²) in [5.41, 5.74) is 0.893. The normalized spacial score (nSPS) is 10.6. The molecule has 0 spiro atoms. The van der Waals surface area contributed by atoms with E-state index in [4.69, 9.17) is 4.74 Å². The lowest BCUT2D eigenvalue weighted by Gasteiger charge is -2.10. The highest BCUT2D eigenvalue weighted by Gasteiger charge is 2.06. The van der Waals surface area contributed by atoms with Gasteiger partial charge < -0.3 is 15.2 Å². The highest BCUT2D eigenvalue weighted by atomic mass is 32.2. The fourth-order valence-electron chi connectivity index (χ4n) is 1.65. The maximum absolute atomic E-state index is 9.99. The third-order valence-corrected chi connectivity index (χ3v) is 3.53. The van der Waals surface area contributed by atoms with Crippen molar-refractivity contribution in [3.63, 3.8) is 0 Å². The van der Waals surface area contributed by atoms with Crippen LogP contribution in [0.4, 0.5) is 0 Å². The van der Waals surface area contributed by atoms with Crippen molar-refractivity contribution in [1.29, 1.82) is 0 Å². The van der Waals surface area contributed by atoms with Gasteiger partial charge in [-0.15, -0.1) is 0 Å². The molecule has 0 unspecified atom stereocenters. The lowest BCUT2D eigenvalue weighted by molar-refractivity contribution is 0.316. The predicted octanol–water partition coefficient (Wildman–Crippen LogP) is 3.02. The SMILES string of the molecule is CCOc1cccc(CNCCCSCC)c1O. The molecular weight excluding hydrogens is 246 g/mol. The highest BCUT2D eigenvalue weighted by Crippen LogP contribution is 2.29. The number of benzene rings is 1. The van der Waals surface area contributed by atoms with E-state index in [-0.39, 0.29) is 5.75 Å². The van der Waals surface area contributed by atoms with Crippen LogP contribution in [0.3, 0.4) is 0 Å². The van der Waals surface area contributed by atoms with Gasteiger partial charge >= 0.3 is 0 Å². The Hall–Kier alpha value is -0.870. The number of aromatic hydroxyl groups is 1. The number of rotatable bonds is 9. The van der Waals surface area contributed by atoms with Crippen LogP contribution in [0.25, 0.3) is 0 Å². The second-order valence-corrected chi connectivity index (χ2v) is 5.32. The zero-order valence-electron chi connectivity index (χ0n) is 11.2. The minimum atomic E-state index is 0.259. The van der Waals surface area contributed by atoms with Crippen LogP contribution >= 0.6 is 11.8 Å². The third-order valence-electron chi connectivity index (χ3n) is 2.54. The van der Waals surface area contributed by atoms with E-state index in [1.807, 2.05) is 30.8 Å². The van der Waals surface area contributed by atoms with Gasteiger partial charge in [0.05, 0.1) is 6.61 Å². The molecular formula is C14H23NO2S. The summed E-state index contributed by atoms with van der Waals surface area (Å²) in [4.78, 5) is 0. The van der Waals surface area contributed by atoms with Crippen molar-refractivity contribution in [2.75, 3.05) is 24.7 Å². The summed E-state index contributed by atoms with van der Waals surface area (Å²) in [6.45, 7) is 6.32. The second kappa shape index (κ2) is 9.11. The Morgan fingerprint density at radius 2 is 2.17 bits per heavy atom. The molecule has 0 aliphatic carbocycles. The first kappa shape index (κ1) is 15.2. The largest absolute Gasteiger partial charge is 0.504 e. The van der Waals surface area contributed by atoms with Gasteiger partial charge in [-0.3, -0.25) is 0 Å². The summed E-state index contributed by atoms with van der Waals surface area (Å²) >= 11 is 1.96. The van der Waals surface area contributed by atoms with Crippen molar-refractivity contribution < 1.29 is 9.84 Å². The minimum Gasteiger partial charge on any atom is -0.504 e. The van der Waals surface area contributed by atoms with E-state index < -0.39 is 0 Å². The molecule has 18 heavy (non-hydrogen) atoms. The maximum Gasteiger partial charge on any atom is 0.162 e. The molecule has 1 rings (SSSR count). The Balaban J connectivity index is 2.35. The van der Waals surface area contributed by atoms with Gasteiger partial charge in [0, 0.05) is 12.1 Å². The monoisotopic (exact) mass is 269 g/mol. The number of thioether (sulfide) groups is 1. The van der Waals surface area contributed by atoms with Crippen LogP contribution in [0.15, 0.2) is 18.2 Å². The third kappa shape index (κ3) is 5.19. The number of nitrogens with one attached hydrogen (secondary N) is 1. The molecule has 1 aromatic carbocycles. The molecule has 0 saturated carbocycles. The Bertz CT molecular complexity index is 345. The lowest BCUT2D eigenvalue weighted by atomic mass is 10.2. The topological polar surface area (TPSA) is 41.5 Å². The molecule has 0 atom stereocenters. The van der Waals surface area contributed by atoms with Gasteiger partial charge in [0.1, 0.15) is 0 Å². The Morgan fingerprint density at radius 1 is 1.33 bits per heavy atom. The first-order valence-corrected chi connectivity index (χ1v) is 7.67. The van der Waals surface area contributed by atoms with Crippen molar-refractivity contribution >= 4 is 11.8 Å². The maximum atomic E-state index is 9.99. The Kier molecular flexibility index (Phi) is 7.69. The summed E-state index contributed by atoms with van der Waals surface area (Å²) < 4.78 is 5.36. The smallest absolute Gasteiger partial charge is 0.162 e. The molecule has 0 amide bonds. The molecule has 0 aliphatic rings. The fraction of sp³-hybridized carbons (Fsp3) is 0.571. The van der Waals surface area contributed by atoms with E-state index in [0.717, 1.165) is 18.5 Å². The van der Waals surface area contributed by atoms with E-state index in [1.165, 1.54) is 11.5 Å². The van der Waals surface area contributed by atoms with Crippen LogP contribution in [0.2, 0.25) is 0 Å². The summed E-state index contributed by atoms with van der Waals surface area (Å²) in [5.74, 6) is 3.19. The van der Waals surface area contributed by atoms with E-state index in [2.05, 4.69) is 12.2 Å². The lowest BCUT2D eigenvalue weighted by Crippen LogP contribution is -2.15. The van der Waals surface area contributed by atoms with Crippen molar-refractivity contribution in [1.82, 2.24) is 5.32 Å². The van der Waals surface area contributed by atoms with Crippen LogP contribution in [-0.2, 0) is 6.54 Å². The molecule has 0 heterocycles. The van der Waals surface area contributed by atoms with E-state index in [1.54, 1.807) is 6.07 Å². The Morgan fingerprint density at radius 3 is 2.89 bits per heavy atom. The van der Waals surface area contributed by atoms with E-state index in [9.17, 15) is 5.11 Å². The summed E-state index contributed by atoms with van der Waals surface area (Å²) in [6, 6.07) is 5.63. The number of hydrogen-bond donors (Lipinski definition) is 2. The molecule has 3 nitrogen and oxygen atoms in total. The molecule has 0 saturated heterocycles. The van der Waals surface area contributed by atoms with Crippen molar-refractivity contribution in [3.8, 4) is 11.5 Å². The second-order valence-electron chi connectivity index (χ2n) is 3.92. The van der Waals surface area contributed by atoms with E-state index in [0.29, 0.717) is 18.9 Å². The van der Waals surface area contributed by atoms with Crippen molar-refractivity contribution in [2.24, 2.45) is 0 Å². The highest BCUT2D eigenvalue weighted by molar-refractivity contribution is 7.99. The molecule has 0 fully saturated rings. The molecule has 1 aromatic rings. The zero-order chi connectivity index (χ0) is 13.2. The number of phenols is 1. The van der Waals surface area contributed by atoms with Gasteiger partial charge in [-0.2, -0.15) is 11.8 Å². The minimum absolute atomic E-state index is 0.259. The van der Waals surface area contributed by atoms with Gasteiger partial charge in [-0.25, -0.2) is 0 Å². The van der Waals surface area contributed by atoms with E-state index >= 15 is 0 Å². The van der Waals surface area contributed by atoms with Gasteiger partial charge in [-0.05, 0) is 37.5 Å². The van der Waals surface area contributed by atoms with Crippen LogP contribution in [0, 0.1) is 0 Å². The zero-order valence-corrected chi connectivity index (χ0v) is 12.1. The van der Waals surface area contributed by atoms with Crippen LogP contribution in [0.5, 0.6) is 11.5 Å². The van der Waals surface area contributed by atoms with Gasteiger partial charge in [-0.1, -0.05) is 19.1 Å². The number of para-hydroxylation sites is 1. The average molecular weight is 269 g/mol. The first-order valence-electron chi connectivity index (χ1n) is 6.51. The molecule has 0 radical (unpaired) electrons. The average Bonchev–Trinajstić information content (AvgIpc) is 2.38. The molecule has 0 bridgehead atoms. The molecule has 0 aromatic heterocycles. The quantitative estimate of drug-likeness (QED) is 0.676. The van der Waals surface area contributed by atoms with Crippen LogP contribution in [0.1, 0.15) is 25.8 Å². The van der Waals surface area contributed by atoms with Gasteiger partial charge in [0.25, 0.3) is 0 Å². The Labute approximate surface area is 114 Å². The number of phenolic OH excluding ortho intramolecular Hbond substituents is 1. The molecule has 2 N–H and O–H groups in total. The summed E-state index contributed by atoms with van der Waals surface area (Å²) in [6.07, 6.45) is 1.16. The van der Waals surface area contributed by atoms with Crippen molar-refractivity contribution in [3.05, 3.63) is 23.8 Å². The van der Waals surface area contributed by atoms with Crippen LogP contribution < -0.4 is 10.1 Å². The number of hydrogen-bond acceptors (Lipinski definition) is 4. The predicted molar refractivity (Wildman–Crippen MR) is 78.6 cm³/mol. The molecule has 102 valence electrons. The fourth-order valence-corrected chi connectivity index (χ4v) is 2.29. The summed E-state index contributed by atoms with van der Waals surface area (Å²) in [5, 5.41) is 13.3.